The third-order valence-electron chi connectivity index (χ3n) is 4.88. The molecule has 0 saturated heterocycles. The van der Waals surface area contributed by atoms with Crippen LogP contribution in [-0.2, 0) is 22.6 Å². The first-order valence-electron chi connectivity index (χ1n) is 10.4. The number of thioether (sulfide) groups is 1. The topological polar surface area (TPSA) is 98.1 Å². The van der Waals surface area contributed by atoms with Gasteiger partial charge in [0, 0.05) is 12.2 Å². The highest BCUT2D eigenvalue weighted by atomic mass is 32.2. The second kappa shape index (κ2) is 11.3. The normalized spacial score (nSPS) is 10.5. The van der Waals surface area contributed by atoms with Crippen LogP contribution in [0.3, 0.4) is 0 Å². The van der Waals surface area contributed by atoms with Gasteiger partial charge in [-0.2, -0.15) is 0 Å². The van der Waals surface area contributed by atoms with E-state index in [0.29, 0.717) is 29.0 Å². The molecule has 0 fully saturated rings. The van der Waals surface area contributed by atoms with E-state index in [9.17, 15) is 9.59 Å². The Labute approximate surface area is 197 Å². The van der Waals surface area contributed by atoms with Crippen molar-refractivity contribution >= 4 is 35.0 Å². The molecule has 2 N–H and O–H groups in total. The lowest BCUT2D eigenvalue weighted by Gasteiger charge is -2.12. The van der Waals surface area contributed by atoms with Gasteiger partial charge in [-0.05, 0) is 37.1 Å². The van der Waals surface area contributed by atoms with E-state index >= 15 is 0 Å². The van der Waals surface area contributed by atoms with Crippen molar-refractivity contribution < 1.29 is 14.3 Å². The molecule has 1 heterocycles. The van der Waals surface area contributed by atoms with Crippen LogP contribution in [0, 0.1) is 13.8 Å². The lowest BCUT2D eigenvalue weighted by Crippen LogP contribution is -2.18. The monoisotopic (exact) mass is 465 g/mol. The molecule has 0 aliphatic heterocycles. The van der Waals surface area contributed by atoms with Gasteiger partial charge < -0.3 is 19.9 Å². The average Bonchev–Trinajstić information content (AvgIpc) is 3.16. The summed E-state index contributed by atoms with van der Waals surface area (Å²) in [7, 11) is 1.55. The molecule has 0 saturated carbocycles. The summed E-state index contributed by atoms with van der Waals surface area (Å²) in [5, 5.41) is 14.7. The maximum absolute atomic E-state index is 12.6. The van der Waals surface area contributed by atoms with Crippen LogP contribution in [0.5, 0.6) is 5.75 Å². The molecule has 8 nitrogen and oxygen atoms in total. The number of para-hydroxylation sites is 3. The molecule has 0 unspecified atom stereocenters. The molecule has 2 aromatic carbocycles. The van der Waals surface area contributed by atoms with Crippen LogP contribution < -0.4 is 15.4 Å². The van der Waals surface area contributed by atoms with Gasteiger partial charge >= 0.3 is 0 Å². The molecule has 3 rings (SSSR count). The molecule has 9 heteroatoms. The Morgan fingerprint density at radius 1 is 1.06 bits per heavy atom. The molecule has 172 valence electrons. The molecule has 3 aromatic rings. The standard InChI is InChI=1S/C24H27N5O3S/c1-5-13-29-20(14-21(30)25-18-11-6-7-12-19(18)32-4)27-28-24(29)33-15-22(31)26-23-16(2)9-8-10-17(23)3/h5-12H,1,13-15H2,2-4H3,(H,25,30)(H,26,31). The number of aromatic nitrogens is 3. The third-order valence-corrected chi connectivity index (χ3v) is 5.85. The lowest BCUT2D eigenvalue weighted by atomic mass is 10.1. The fraction of sp³-hybridized carbons (Fsp3) is 0.250. The van der Waals surface area contributed by atoms with Crippen LogP contribution in [-0.4, -0.2) is 39.4 Å². The second-order valence-electron chi connectivity index (χ2n) is 7.33. The highest BCUT2D eigenvalue weighted by Gasteiger charge is 2.17. The predicted molar refractivity (Wildman–Crippen MR) is 131 cm³/mol. The number of anilines is 2. The number of amides is 2. The van der Waals surface area contributed by atoms with Gasteiger partial charge in [-0.1, -0.05) is 48.2 Å². The van der Waals surface area contributed by atoms with Crippen molar-refractivity contribution in [2.24, 2.45) is 0 Å². The quantitative estimate of drug-likeness (QED) is 0.347. The van der Waals surface area contributed by atoms with Gasteiger partial charge in [0.2, 0.25) is 11.8 Å². The van der Waals surface area contributed by atoms with Gasteiger partial charge in [0.1, 0.15) is 11.6 Å². The van der Waals surface area contributed by atoms with Gasteiger partial charge in [0.05, 0.1) is 25.0 Å². The highest BCUT2D eigenvalue weighted by Crippen LogP contribution is 2.24. The summed E-state index contributed by atoms with van der Waals surface area (Å²) >= 11 is 1.26. The minimum atomic E-state index is -0.249. The van der Waals surface area contributed by atoms with Crippen molar-refractivity contribution in [1.29, 1.82) is 0 Å². The lowest BCUT2D eigenvalue weighted by molar-refractivity contribution is -0.116. The smallest absolute Gasteiger partial charge is 0.234 e. The number of rotatable bonds is 10. The van der Waals surface area contributed by atoms with Crippen LogP contribution >= 0.6 is 11.8 Å². The van der Waals surface area contributed by atoms with E-state index in [-0.39, 0.29) is 24.0 Å². The molecule has 0 bridgehead atoms. The van der Waals surface area contributed by atoms with Gasteiger partial charge in [0.25, 0.3) is 0 Å². The first kappa shape index (κ1) is 24.1. The van der Waals surface area contributed by atoms with Gasteiger partial charge in [-0.3, -0.25) is 9.59 Å². The van der Waals surface area contributed by atoms with Gasteiger partial charge in [-0.15, -0.1) is 16.8 Å². The second-order valence-corrected chi connectivity index (χ2v) is 8.27. The number of benzene rings is 2. The van der Waals surface area contributed by atoms with Crippen molar-refractivity contribution in [1.82, 2.24) is 14.8 Å². The van der Waals surface area contributed by atoms with Crippen LogP contribution in [0.2, 0.25) is 0 Å². The molecular formula is C24H27N5O3S. The minimum Gasteiger partial charge on any atom is -0.495 e. The van der Waals surface area contributed by atoms with Crippen molar-refractivity contribution in [3.63, 3.8) is 0 Å². The summed E-state index contributed by atoms with van der Waals surface area (Å²) in [6.45, 7) is 8.11. The Morgan fingerprint density at radius 2 is 1.79 bits per heavy atom. The first-order valence-corrected chi connectivity index (χ1v) is 11.4. The zero-order valence-electron chi connectivity index (χ0n) is 18.9. The molecule has 0 aliphatic rings. The summed E-state index contributed by atoms with van der Waals surface area (Å²) in [4.78, 5) is 25.1. The fourth-order valence-corrected chi connectivity index (χ4v) is 4.04. The van der Waals surface area contributed by atoms with E-state index in [1.807, 2.05) is 44.2 Å². The molecule has 0 aliphatic carbocycles. The Balaban J connectivity index is 1.65. The van der Waals surface area contributed by atoms with E-state index in [0.717, 1.165) is 16.8 Å². The maximum atomic E-state index is 12.6. The van der Waals surface area contributed by atoms with E-state index < -0.39 is 0 Å². The Bertz CT molecular complexity index is 1140. The summed E-state index contributed by atoms with van der Waals surface area (Å²) in [5.41, 5.74) is 3.42. The predicted octanol–water partition coefficient (Wildman–Crippen LogP) is 4.00. The Morgan fingerprint density at radius 3 is 2.48 bits per heavy atom. The number of carbonyl (C=O) groups excluding carboxylic acids is 2. The summed E-state index contributed by atoms with van der Waals surface area (Å²) in [5.74, 6) is 0.836. The van der Waals surface area contributed by atoms with Crippen molar-refractivity contribution in [3.05, 3.63) is 72.1 Å². The van der Waals surface area contributed by atoms with Gasteiger partial charge in [0.15, 0.2) is 5.16 Å². The van der Waals surface area contributed by atoms with Crippen molar-refractivity contribution in [2.45, 2.75) is 32.0 Å². The number of methoxy groups -OCH3 is 1. The van der Waals surface area contributed by atoms with Crippen molar-refractivity contribution in [2.75, 3.05) is 23.5 Å². The first-order chi connectivity index (χ1) is 15.9. The minimum absolute atomic E-state index is 0.0219. The number of allylic oxidation sites excluding steroid dienone is 1. The van der Waals surface area contributed by atoms with Crippen LogP contribution in [0.15, 0.2) is 60.3 Å². The number of hydrogen-bond acceptors (Lipinski definition) is 6. The Kier molecular flexibility index (Phi) is 8.26. The maximum Gasteiger partial charge on any atom is 0.234 e. The third kappa shape index (κ3) is 6.23. The summed E-state index contributed by atoms with van der Waals surface area (Å²) in [6, 6.07) is 13.1. The molecule has 0 spiro atoms. The van der Waals surface area contributed by atoms with E-state index in [1.165, 1.54) is 11.8 Å². The van der Waals surface area contributed by atoms with Crippen LogP contribution in [0.1, 0.15) is 17.0 Å². The Hall–Kier alpha value is -3.59. The van der Waals surface area contributed by atoms with Crippen LogP contribution in [0.25, 0.3) is 0 Å². The average molecular weight is 466 g/mol. The van der Waals surface area contributed by atoms with E-state index in [2.05, 4.69) is 27.4 Å². The summed E-state index contributed by atoms with van der Waals surface area (Å²) in [6.07, 6.45) is 1.72. The largest absolute Gasteiger partial charge is 0.495 e. The molecule has 1 aromatic heterocycles. The molecule has 2 amide bonds. The zero-order valence-corrected chi connectivity index (χ0v) is 19.7. The van der Waals surface area contributed by atoms with Gasteiger partial charge in [-0.25, -0.2) is 0 Å². The number of hydrogen-bond donors (Lipinski definition) is 2. The molecular weight excluding hydrogens is 438 g/mol. The fourth-order valence-electron chi connectivity index (χ4n) is 3.27. The number of carbonyl (C=O) groups is 2. The summed E-state index contributed by atoms with van der Waals surface area (Å²) < 4.78 is 7.06. The molecule has 33 heavy (non-hydrogen) atoms. The number of nitrogens with zero attached hydrogens (tertiary/aromatic N) is 3. The highest BCUT2D eigenvalue weighted by molar-refractivity contribution is 7.99. The molecule has 0 radical (unpaired) electrons. The van der Waals surface area contributed by atoms with Crippen LogP contribution in [0.4, 0.5) is 11.4 Å². The van der Waals surface area contributed by atoms with Crippen molar-refractivity contribution in [3.8, 4) is 5.75 Å². The van der Waals surface area contributed by atoms with E-state index in [1.54, 1.807) is 29.9 Å². The SMILES string of the molecule is C=CCn1c(CC(=O)Nc2ccccc2OC)nnc1SCC(=O)Nc1c(C)cccc1C. The number of ether oxygens (including phenoxy) is 1. The zero-order chi connectivity index (χ0) is 23.8. The molecule has 0 atom stereocenters. The number of aryl methyl sites for hydroxylation is 2. The number of nitrogens with one attached hydrogen (secondary N) is 2. The van der Waals surface area contributed by atoms with E-state index in [4.69, 9.17) is 4.74 Å².